The van der Waals surface area contributed by atoms with Crippen LogP contribution in [0.2, 0.25) is 0 Å². The quantitative estimate of drug-likeness (QED) is 0.742. The van der Waals surface area contributed by atoms with Crippen molar-refractivity contribution >= 4 is 0 Å². The van der Waals surface area contributed by atoms with Crippen molar-refractivity contribution in [2.24, 2.45) is 0 Å². The minimum atomic E-state index is 0.267. The summed E-state index contributed by atoms with van der Waals surface area (Å²) in [6.45, 7) is 3.79. The molecule has 3 nitrogen and oxygen atoms in total. The lowest BCUT2D eigenvalue weighted by Gasteiger charge is -2.19. The first-order chi connectivity index (χ1) is 9.31. The highest BCUT2D eigenvalue weighted by molar-refractivity contribution is 5.28. The SMILES string of the molecule is CCCC(CNC1CC1)Oc1cccc(COC)c1. The molecule has 1 unspecified atom stereocenters. The van der Waals surface area contributed by atoms with Gasteiger partial charge in [0.2, 0.25) is 0 Å². The molecule has 1 fully saturated rings. The zero-order valence-electron chi connectivity index (χ0n) is 12.0. The second kappa shape index (κ2) is 7.51. The summed E-state index contributed by atoms with van der Waals surface area (Å²) in [6, 6.07) is 8.93. The third kappa shape index (κ3) is 5.21. The fourth-order valence-electron chi connectivity index (χ4n) is 2.18. The van der Waals surface area contributed by atoms with E-state index in [1.165, 1.54) is 12.8 Å². The lowest BCUT2D eigenvalue weighted by molar-refractivity contribution is 0.178. The predicted octanol–water partition coefficient (Wildman–Crippen LogP) is 3.13. The molecule has 0 radical (unpaired) electrons. The van der Waals surface area contributed by atoms with Gasteiger partial charge >= 0.3 is 0 Å². The van der Waals surface area contributed by atoms with Gasteiger partial charge in [0.05, 0.1) is 6.61 Å². The van der Waals surface area contributed by atoms with Crippen LogP contribution in [0.3, 0.4) is 0 Å². The van der Waals surface area contributed by atoms with Crippen molar-refractivity contribution in [3.8, 4) is 5.75 Å². The highest BCUT2D eigenvalue weighted by Crippen LogP contribution is 2.20. The smallest absolute Gasteiger partial charge is 0.120 e. The van der Waals surface area contributed by atoms with E-state index in [1.807, 2.05) is 12.1 Å². The van der Waals surface area contributed by atoms with Crippen LogP contribution in [0.1, 0.15) is 38.2 Å². The molecule has 19 heavy (non-hydrogen) atoms. The molecule has 1 aromatic rings. The molecule has 1 atom stereocenters. The Bertz CT molecular complexity index is 377. The van der Waals surface area contributed by atoms with Crippen molar-refractivity contribution < 1.29 is 9.47 Å². The summed E-state index contributed by atoms with van der Waals surface area (Å²) < 4.78 is 11.3. The average Bonchev–Trinajstić information content (AvgIpc) is 3.21. The van der Waals surface area contributed by atoms with Crippen LogP contribution >= 0.6 is 0 Å². The van der Waals surface area contributed by atoms with Crippen molar-refractivity contribution in [3.05, 3.63) is 29.8 Å². The van der Waals surface area contributed by atoms with E-state index in [9.17, 15) is 0 Å². The average molecular weight is 263 g/mol. The van der Waals surface area contributed by atoms with Crippen LogP contribution < -0.4 is 10.1 Å². The minimum absolute atomic E-state index is 0.267. The van der Waals surface area contributed by atoms with Crippen LogP contribution in [-0.2, 0) is 11.3 Å². The van der Waals surface area contributed by atoms with E-state index >= 15 is 0 Å². The molecule has 0 aromatic heterocycles. The molecule has 0 amide bonds. The number of hydrogen-bond donors (Lipinski definition) is 1. The Hall–Kier alpha value is -1.06. The monoisotopic (exact) mass is 263 g/mol. The van der Waals surface area contributed by atoms with Gasteiger partial charge < -0.3 is 14.8 Å². The van der Waals surface area contributed by atoms with Crippen molar-refractivity contribution in [3.63, 3.8) is 0 Å². The maximum atomic E-state index is 6.10. The molecular weight excluding hydrogens is 238 g/mol. The first-order valence-electron chi connectivity index (χ1n) is 7.29. The van der Waals surface area contributed by atoms with Gasteiger partial charge in [-0.3, -0.25) is 0 Å². The minimum Gasteiger partial charge on any atom is -0.489 e. The molecular formula is C16H25NO2. The summed E-state index contributed by atoms with van der Waals surface area (Å²) in [7, 11) is 1.72. The fourth-order valence-corrected chi connectivity index (χ4v) is 2.18. The van der Waals surface area contributed by atoms with Gasteiger partial charge in [-0.05, 0) is 37.0 Å². The summed E-state index contributed by atoms with van der Waals surface area (Å²) in [6.07, 6.45) is 5.15. The number of methoxy groups -OCH3 is 1. The standard InChI is InChI=1S/C16H25NO2/c1-3-5-16(11-17-14-8-9-14)19-15-7-4-6-13(10-15)12-18-2/h4,6-7,10,14,16-17H,3,5,8-9,11-12H2,1-2H3. The highest BCUT2D eigenvalue weighted by Gasteiger charge is 2.22. The molecule has 1 aliphatic rings. The second-order valence-electron chi connectivity index (χ2n) is 5.29. The number of hydrogen-bond acceptors (Lipinski definition) is 3. The summed E-state index contributed by atoms with van der Waals surface area (Å²) >= 11 is 0. The van der Waals surface area contributed by atoms with Gasteiger partial charge in [-0.1, -0.05) is 25.5 Å². The Labute approximate surface area is 116 Å². The van der Waals surface area contributed by atoms with Crippen molar-refractivity contribution in [2.45, 2.75) is 51.4 Å². The maximum absolute atomic E-state index is 6.10. The zero-order valence-corrected chi connectivity index (χ0v) is 12.0. The molecule has 3 heteroatoms. The summed E-state index contributed by atoms with van der Waals surface area (Å²) in [5.41, 5.74) is 1.16. The topological polar surface area (TPSA) is 30.5 Å². The Kier molecular flexibility index (Phi) is 5.67. The normalized spacial score (nSPS) is 16.3. The van der Waals surface area contributed by atoms with E-state index < -0.39 is 0 Å². The Morgan fingerprint density at radius 1 is 1.37 bits per heavy atom. The van der Waals surface area contributed by atoms with E-state index in [4.69, 9.17) is 9.47 Å². The van der Waals surface area contributed by atoms with Crippen molar-refractivity contribution in [1.29, 1.82) is 0 Å². The van der Waals surface area contributed by atoms with Crippen LogP contribution in [0.4, 0.5) is 0 Å². The number of nitrogens with one attached hydrogen (secondary N) is 1. The van der Waals surface area contributed by atoms with Crippen LogP contribution in [-0.4, -0.2) is 25.8 Å². The summed E-state index contributed by atoms with van der Waals surface area (Å²) in [5, 5.41) is 3.55. The zero-order chi connectivity index (χ0) is 13.5. The molecule has 0 aliphatic heterocycles. The summed E-state index contributed by atoms with van der Waals surface area (Å²) in [4.78, 5) is 0. The van der Waals surface area contributed by atoms with Gasteiger partial charge in [-0.2, -0.15) is 0 Å². The second-order valence-corrected chi connectivity index (χ2v) is 5.29. The van der Waals surface area contributed by atoms with E-state index in [-0.39, 0.29) is 6.10 Å². The fraction of sp³-hybridized carbons (Fsp3) is 0.625. The lowest BCUT2D eigenvalue weighted by atomic mass is 10.2. The molecule has 1 aromatic carbocycles. The van der Waals surface area contributed by atoms with Gasteiger partial charge in [0.1, 0.15) is 11.9 Å². The van der Waals surface area contributed by atoms with Gasteiger partial charge in [-0.25, -0.2) is 0 Å². The molecule has 2 rings (SSSR count). The Morgan fingerprint density at radius 3 is 2.89 bits per heavy atom. The molecule has 1 aliphatic carbocycles. The first kappa shape index (κ1) is 14.4. The predicted molar refractivity (Wildman–Crippen MR) is 77.5 cm³/mol. The molecule has 1 N–H and O–H groups in total. The molecule has 0 bridgehead atoms. The molecule has 0 heterocycles. The third-order valence-electron chi connectivity index (χ3n) is 3.33. The van der Waals surface area contributed by atoms with Gasteiger partial charge in [0, 0.05) is 19.7 Å². The van der Waals surface area contributed by atoms with Crippen LogP contribution in [0.15, 0.2) is 24.3 Å². The van der Waals surface area contributed by atoms with E-state index in [0.29, 0.717) is 6.61 Å². The summed E-state index contributed by atoms with van der Waals surface area (Å²) in [5.74, 6) is 0.950. The largest absolute Gasteiger partial charge is 0.489 e. The Balaban J connectivity index is 1.88. The van der Waals surface area contributed by atoms with Crippen LogP contribution in [0, 0.1) is 0 Å². The van der Waals surface area contributed by atoms with Gasteiger partial charge in [-0.15, -0.1) is 0 Å². The maximum Gasteiger partial charge on any atom is 0.120 e. The van der Waals surface area contributed by atoms with Crippen molar-refractivity contribution in [2.75, 3.05) is 13.7 Å². The van der Waals surface area contributed by atoms with Crippen LogP contribution in [0.25, 0.3) is 0 Å². The van der Waals surface area contributed by atoms with Crippen LogP contribution in [0.5, 0.6) is 5.75 Å². The highest BCUT2D eigenvalue weighted by atomic mass is 16.5. The first-order valence-corrected chi connectivity index (χ1v) is 7.29. The number of rotatable bonds is 9. The number of ether oxygens (including phenoxy) is 2. The van der Waals surface area contributed by atoms with Gasteiger partial charge in [0.25, 0.3) is 0 Å². The molecule has 0 spiro atoms. The molecule has 1 saturated carbocycles. The molecule has 106 valence electrons. The van der Waals surface area contributed by atoms with E-state index in [1.54, 1.807) is 7.11 Å². The van der Waals surface area contributed by atoms with Crippen molar-refractivity contribution in [1.82, 2.24) is 5.32 Å². The third-order valence-corrected chi connectivity index (χ3v) is 3.33. The number of benzene rings is 1. The van der Waals surface area contributed by atoms with E-state index in [0.717, 1.165) is 36.7 Å². The Morgan fingerprint density at radius 2 is 2.21 bits per heavy atom. The lowest BCUT2D eigenvalue weighted by Crippen LogP contribution is -2.32. The molecule has 0 saturated heterocycles. The van der Waals surface area contributed by atoms with E-state index in [2.05, 4.69) is 24.4 Å². The van der Waals surface area contributed by atoms with Gasteiger partial charge in [0.15, 0.2) is 0 Å².